The first kappa shape index (κ1) is 22.2. The lowest BCUT2D eigenvalue weighted by atomic mass is 9.86. The second kappa shape index (κ2) is 9.34. The quantitative estimate of drug-likeness (QED) is 0.512. The van der Waals surface area contributed by atoms with E-state index in [4.69, 9.17) is 27.3 Å². The fraction of sp³-hybridized carbons (Fsp3) is 0.792. The Morgan fingerprint density at radius 2 is 1.88 bits per heavy atom. The van der Waals surface area contributed by atoms with Crippen LogP contribution in [-0.4, -0.2) is 43.0 Å². The molecule has 8 heteroatoms. The normalized spacial score (nSPS) is 30.5. The van der Waals surface area contributed by atoms with Crippen LogP contribution in [-0.2, 0) is 0 Å². The highest BCUT2D eigenvalue weighted by Gasteiger charge is 2.31. The molecule has 0 aliphatic heterocycles. The van der Waals surface area contributed by atoms with E-state index >= 15 is 0 Å². The van der Waals surface area contributed by atoms with Crippen LogP contribution in [0.15, 0.2) is 6.20 Å². The number of alkyl halides is 1. The van der Waals surface area contributed by atoms with Crippen molar-refractivity contribution in [1.29, 1.82) is 0 Å². The number of fused-ring (bicyclic) bond motifs is 1. The van der Waals surface area contributed by atoms with Crippen molar-refractivity contribution in [3.8, 4) is 0 Å². The zero-order chi connectivity index (χ0) is 22.1. The number of halogens is 1. The SMILES string of the molecule is CC1(Nc2ncc3nc(NC4CCCC(Cl)C4)n(C4CCC(CN)CC4)c3n2)CCCC1. The van der Waals surface area contributed by atoms with E-state index in [1.807, 2.05) is 6.20 Å². The van der Waals surface area contributed by atoms with Crippen LogP contribution < -0.4 is 16.4 Å². The van der Waals surface area contributed by atoms with E-state index in [-0.39, 0.29) is 10.9 Å². The van der Waals surface area contributed by atoms with Crippen LogP contribution in [0.5, 0.6) is 0 Å². The number of hydrogen-bond donors (Lipinski definition) is 3. The summed E-state index contributed by atoms with van der Waals surface area (Å²) in [4.78, 5) is 14.6. The molecule has 7 nitrogen and oxygen atoms in total. The zero-order valence-corrected chi connectivity index (χ0v) is 20.1. The Morgan fingerprint density at radius 1 is 1.09 bits per heavy atom. The number of rotatable bonds is 6. The third-order valence-electron chi connectivity index (χ3n) is 8.01. The predicted molar refractivity (Wildman–Crippen MR) is 131 cm³/mol. The molecule has 0 saturated heterocycles. The van der Waals surface area contributed by atoms with Gasteiger partial charge < -0.3 is 16.4 Å². The maximum Gasteiger partial charge on any atom is 0.225 e. The molecule has 176 valence electrons. The summed E-state index contributed by atoms with van der Waals surface area (Å²) in [6.45, 7) is 3.08. The van der Waals surface area contributed by atoms with Crippen molar-refractivity contribution in [3.05, 3.63) is 6.20 Å². The lowest BCUT2D eigenvalue weighted by Crippen LogP contribution is -2.32. The largest absolute Gasteiger partial charge is 0.353 e. The topological polar surface area (TPSA) is 93.7 Å². The van der Waals surface area contributed by atoms with Gasteiger partial charge in [0.15, 0.2) is 5.65 Å². The highest BCUT2D eigenvalue weighted by molar-refractivity contribution is 6.20. The molecule has 3 aliphatic rings. The molecule has 2 atom stereocenters. The number of nitrogens with one attached hydrogen (secondary N) is 2. The highest BCUT2D eigenvalue weighted by atomic mass is 35.5. The number of nitrogens with two attached hydrogens (primary N) is 1. The van der Waals surface area contributed by atoms with Crippen LogP contribution in [0.1, 0.15) is 90.0 Å². The first-order valence-electron chi connectivity index (χ1n) is 12.7. The van der Waals surface area contributed by atoms with Gasteiger partial charge in [-0.2, -0.15) is 4.98 Å². The van der Waals surface area contributed by atoms with Crippen LogP contribution in [0.25, 0.3) is 11.2 Å². The van der Waals surface area contributed by atoms with Crippen molar-refractivity contribution >= 4 is 34.7 Å². The first-order valence-corrected chi connectivity index (χ1v) is 13.1. The number of imidazole rings is 1. The fourth-order valence-electron chi connectivity index (χ4n) is 6.03. The Balaban J connectivity index is 1.46. The summed E-state index contributed by atoms with van der Waals surface area (Å²) in [6, 6.07) is 0.760. The van der Waals surface area contributed by atoms with Gasteiger partial charge in [-0.15, -0.1) is 11.6 Å². The van der Waals surface area contributed by atoms with Gasteiger partial charge in [0.05, 0.1) is 6.20 Å². The summed E-state index contributed by atoms with van der Waals surface area (Å²) >= 11 is 6.48. The molecule has 0 radical (unpaired) electrons. The molecule has 2 heterocycles. The Hall–Kier alpha value is -1.60. The summed E-state index contributed by atoms with van der Waals surface area (Å²) in [7, 11) is 0. The third kappa shape index (κ3) is 4.69. The van der Waals surface area contributed by atoms with Gasteiger partial charge in [0, 0.05) is 23.0 Å². The summed E-state index contributed by atoms with van der Waals surface area (Å²) in [6.07, 6.45) is 15.8. The number of nitrogens with zero attached hydrogens (tertiary/aromatic N) is 4. The number of anilines is 2. The fourth-order valence-corrected chi connectivity index (χ4v) is 6.40. The standard InChI is InChI=1S/C24H38ClN7/c1-24(11-2-3-12-24)31-22-27-15-20-21(30-22)32(19-9-7-16(14-26)8-10-19)23(29-20)28-18-6-4-5-17(25)13-18/h15-19H,2-14,26H2,1H3,(H,28,29)(H,27,30,31). The van der Waals surface area contributed by atoms with E-state index in [1.165, 1.54) is 44.9 Å². The Morgan fingerprint density at radius 3 is 2.59 bits per heavy atom. The molecule has 2 aromatic heterocycles. The minimum atomic E-state index is 0.0935. The van der Waals surface area contributed by atoms with Gasteiger partial charge in [0.2, 0.25) is 11.9 Å². The van der Waals surface area contributed by atoms with Crippen LogP contribution in [0.3, 0.4) is 0 Å². The van der Waals surface area contributed by atoms with Gasteiger partial charge >= 0.3 is 0 Å². The third-order valence-corrected chi connectivity index (χ3v) is 8.41. The molecule has 0 aromatic carbocycles. The van der Waals surface area contributed by atoms with E-state index in [9.17, 15) is 0 Å². The van der Waals surface area contributed by atoms with Crippen molar-refractivity contribution in [3.63, 3.8) is 0 Å². The maximum absolute atomic E-state index is 6.48. The summed E-state index contributed by atoms with van der Waals surface area (Å²) in [5.41, 5.74) is 7.87. The number of aromatic nitrogens is 4. The summed E-state index contributed by atoms with van der Waals surface area (Å²) < 4.78 is 2.36. The van der Waals surface area contributed by atoms with E-state index in [0.29, 0.717) is 18.0 Å². The van der Waals surface area contributed by atoms with Gasteiger partial charge in [-0.3, -0.25) is 4.57 Å². The van der Waals surface area contributed by atoms with Crippen LogP contribution in [0, 0.1) is 5.92 Å². The molecule has 2 unspecified atom stereocenters. The summed E-state index contributed by atoms with van der Waals surface area (Å²) in [5.74, 6) is 2.30. The van der Waals surface area contributed by atoms with Crippen molar-refractivity contribution in [2.45, 2.75) is 107 Å². The molecule has 4 N–H and O–H groups in total. The molecule has 0 bridgehead atoms. The van der Waals surface area contributed by atoms with Gasteiger partial charge in [-0.25, -0.2) is 9.97 Å². The average molecular weight is 460 g/mol. The molecule has 3 saturated carbocycles. The summed E-state index contributed by atoms with van der Waals surface area (Å²) in [5, 5.41) is 7.63. The monoisotopic (exact) mass is 459 g/mol. The molecular weight excluding hydrogens is 422 g/mol. The van der Waals surface area contributed by atoms with Crippen molar-refractivity contribution in [1.82, 2.24) is 19.5 Å². The molecule has 3 fully saturated rings. The second-order valence-electron chi connectivity index (χ2n) is 10.6. The van der Waals surface area contributed by atoms with E-state index < -0.39 is 0 Å². The zero-order valence-electron chi connectivity index (χ0n) is 19.3. The van der Waals surface area contributed by atoms with Crippen molar-refractivity contribution < 1.29 is 0 Å². The molecule has 32 heavy (non-hydrogen) atoms. The highest BCUT2D eigenvalue weighted by Crippen LogP contribution is 2.37. The maximum atomic E-state index is 6.48. The van der Waals surface area contributed by atoms with Gasteiger partial charge in [0.1, 0.15) is 5.52 Å². The average Bonchev–Trinajstić information content (AvgIpc) is 3.37. The minimum Gasteiger partial charge on any atom is -0.353 e. The van der Waals surface area contributed by atoms with Gasteiger partial charge in [-0.1, -0.05) is 12.8 Å². The molecule has 0 spiro atoms. The van der Waals surface area contributed by atoms with Gasteiger partial charge in [0.25, 0.3) is 0 Å². The van der Waals surface area contributed by atoms with E-state index in [1.54, 1.807) is 0 Å². The smallest absolute Gasteiger partial charge is 0.225 e. The molecular formula is C24H38ClN7. The van der Waals surface area contributed by atoms with Gasteiger partial charge in [-0.05, 0) is 83.6 Å². The Bertz CT molecular complexity index is 914. The lowest BCUT2D eigenvalue weighted by Gasteiger charge is -2.32. The van der Waals surface area contributed by atoms with Crippen molar-refractivity contribution in [2.24, 2.45) is 11.7 Å². The Kier molecular flexibility index (Phi) is 6.48. The molecule has 2 aromatic rings. The molecule has 0 amide bonds. The van der Waals surface area contributed by atoms with Crippen molar-refractivity contribution in [2.75, 3.05) is 17.2 Å². The van der Waals surface area contributed by atoms with E-state index in [2.05, 4.69) is 27.1 Å². The molecule has 5 rings (SSSR count). The number of hydrogen-bond acceptors (Lipinski definition) is 6. The van der Waals surface area contributed by atoms with Crippen LogP contribution in [0.4, 0.5) is 11.9 Å². The van der Waals surface area contributed by atoms with E-state index in [0.717, 1.165) is 61.7 Å². The predicted octanol–water partition coefficient (Wildman–Crippen LogP) is 5.22. The Labute approximate surface area is 196 Å². The van der Waals surface area contributed by atoms with Crippen LogP contribution >= 0.6 is 11.6 Å². The molecule has 3 aliphatic carbocycles. The minimum absolute atomic E-state index is 0.0935. The van der Waals surface area contributed by atoms with Crippen LogP contribution in [0.2, 0.25) is 0 Å². The second-order valence-corrected chi connectivity index (χ2v) is 11.2. The lowest BCUT2D eigenvalue weighted by molar-refractivity contribution is 0.284. The first-order chi connectivity index (χ1) is 15.5.